The lowest BCUT2D eigenvalue weighted by Crippen LogP contribution is -2.48. The third-order valence-electron chi connectivity index (χ3n) is 4.63. The highest BCUT2D eigenvalue weighted by molar-refractivity contribution is 5.98. The second-order valence-electron chi connectivity index (χ2n) is 7.15. The van der Waals surface area contributed by atoms with Crippen molar-refractivity contribution in [2.45, 2.75) is 39.7 Å². The van der Waals surface area contributed by atoms with Crippen LogP contribution in [-0.4, -0.2) is 42.4 Å². The summed E-state index contributed by atoms with van der Waals surface area (Å²) in [5, 5.41) is 2.95. The van der Waals surface area contributed by atoms with Crippen molar-refractivity contribution >= 4 is 11.8 Å². The minimum atomic E-state index is -0.478. The van der Waals surface area contributed by atoms with Gasteiger partial charge in [-0.05, 0) is 49.8 Å². The second kappa shape index (κ2) is 8.29. The molecular formula is C19H29N3O2. The van der Waals surface area contributed by atoms with Crippen LogP contribution < -0.4 is 11.1 Å². The molecule has 2 unspecified atom stereocenters. The van der Waals surface area contributed by atoms with E-state index in [2.05, 4.69) is 19.2 Å². The van der Waals surface area contributed by atoms with Crippen LogP contribution in [0.25, 0.3) is 0 Å². The zero-order valence-corrected chi connectivity index (χ0v) is 14.9. The average molecular weight is 331 g/mol. The Bertz CT molecular complexity index is 586. The van der Waals surface area contributed by atoms with E-state index in [4.69, 9.17) is 5.73 Å². The van der Waals surface area contributed by atoms with Gasteiger partial charge in [0, 0.05) is 18.7 Å². The highest BCUT2D eigenvalue weighted by Gasteiger charge is 2.31. The highest BCUT2D eigenvalue weighted by Crippen LogP contribution is 2.18. The molecule has 0 bridgehead atoms. The third kappa shape index (κ3) is 4.57. The van der Waals surface area contributed by atoms with Crippen LogP contribution in [0.4, 0.5) is 0 Å². The molecule has 5 nitrogen and oxygen atoms in total. The summed E-state index contributed by atoms with van der Waals surface area (Å²) >= 11 is 0. The molecule has 0 radical (unpaired) electrons. The summed E-state index contributed by atoms with van der Waals surface area (Å²) in [7, 11) is 0. The highest BCUT2D eigenvalue weighted by atomic mass is 16.2. The molecule has 0 saturated carbocycles. The van der Waals surface area contributed by atoms with Gasteiger partial charge in [-0.1, -0.05) is 32.0 Å². The number of nitrogens with two attached hydrogens (primary N) is 1. The van der Waals surface area contributed by atoms with Crippen LogP contribution in [0.3, 0.4) is 0 Å². The topological polar surface area (TPSA) is 75.4 Å². The van der Waals surface area contributed by atoms with Crippen LogP contribution in [0.1, 0.15) is 42.6 Å². The minimum absolute atomic E-state index is 0.0154. The zero-order valence-electron chi connectivity index (χ0n) is 14.9. The van der Waals surface area contributed by atoms with Gasteiger partial charge in [0.1, 0.15) is 6.04 Å². The molecule has 0 spiro atoms. The summed E-state index contributed by atoms with van der Waals surface area (Å²) < 4.78 is 0. The van der Waals surface area contributed by atoms with Crippen molar-refractivity contribution in [2.75, 3.05) is 19.6 Å². The van der Waals surface area contributed by atoms with Crippen molar-refractivity contribution in [1.29, 1.82) is 0 Å². The molecule has 0 aliphatic carbocycles. The molecule has 1 aliphatic heterocycles. The molecule has 1 aliphatic rings. The number of carbonyl (C=O) groups is 2. The number of hydrogen-bond donors (Lipinski definition) is 2. The van der Waals surface area contributed by atoms with Crippen LogP contribution >= 0.6 is 0 Å². The number of amides is 2. The number of rotatable bonds is 6. The first kappa shape index (κ1) is 18.5. The lowest BCUT2D eigenvalue weighted by molar-refractivity contribution is -0.132. The molecule has 1 aromatic rings. The van der Waals surface area contributed by atoms with E-state index in [1.165, 1.54) is 0 Å². The summed E-state index contributed by atoms with van der Waals surface area (Å²) in [6.45, 7) is 8.06. The second-order valence-corrected chi connectivity index (χ2v) is 7.15. The maximum Gasteiger partial charge on any atom is 0.252 e. The van der Waals surface area contributed by atoms with Gasteiger partial charge in [-0.25, -0.2) is 0 Å². The number of benzene rings is 1. The zero-order chi connectivity index (χ0) is 17.7. The predicted octanol–water partition coefficient (Wildman–Crippen LogP) is 1.95. The quantitative estimate of drug-likeness (QED) is 0.836. The number of nitrogens with one attached hydrogen (secondary N) is 1. The molecule has 2 amide bonds. The maximum absolute atomic E-state index is 12.9. The minimum Gasteiger partial charge on any atom is -0.341 e. The van der Waals surface area contributed by atoms with Crippen LogP contribution in [-0.2, 0) is 4.79 Å². The van der Waals surface area contributed by atoms with Gasteiger partial charge < -0.3 is 16.0 Å². The number of carbonyl (C=O) groups excluding carboxylic acids is 2. The van der Waals surface area contributed by atoms with Crippen LogP contribution in [0.15, 0.2) is 24.3 Å². The summed E-state index contributed by atoms with van der Waals surface area (Å²) in [5.74, 6) is 0.535. The number of hydrogen-bond acceptors (Lipinski definition) is 3. The molecule has 1 aromatic carbocycles. The van der Waals surface area contributed by atoms with Crippen LogP contribution in [0.5, 0.6) is 0 Å². The van der Waals surface area contributed by atoms with E-state index in [0.717, 1.165) is 18.5 Å². The van der Waals surface area contributed by atoms with Gasteiger partial charge in [-0.15, -0.1) is 0 Å². The molecule has 2 atom stereocenters. The fourth-order valence-corrected chi connectivity index (χ4v) is 3.20. The van der Waals surface area contributed by atoms with Gasteiger partial charge in [0.05, 0.1) is 0 Å². The molecule has 24 heavy (non-hydrogen) atoms. The van der Waals surface area contributed by atoms with Gasteiger partial charge >= 0.3 is 0 Å². The fraction of sp³-hybridized carbons (Fsp3) is 0.579. The van der Waals surface area contributed by atoms with Crippen molar-refractivity contribution in [1.82, 2.24) is 10.2 Å². The van der Waals surface area contributed by atoms with E-state index < -0.39 is 6.04 Å². The smallest absolute Gasteiger partial charge is 0.252 e. The predicted molar refractivity (Wildman–Crippen MR) is 95.6 cm³/mol. The lowest BCUT2D eigenvalue weighted by Gasteiger charge is -2.26. The van der Waals surface area contributed by atoms with E-state index in [0.29, 0.717) is 36.9 Å². The normalized spacial score (nSPS) is 18.7. The monoisotopic (exact) mass is 331 g/mol. The molecule has 5 heteroatoms. The number of aryl methyl sites for hydroxylation is 1. The Morgan fingerprint density at radius 2 is 2.04 bits per heavy atom. The Kier molecular flexibility index (Phi) is 6.37. The number of nitrogens with zero attached hydrogens (tertiary/aromatic N) is 1. The molecule has 1 heterocycles. The van der Waals surface area contributed by atoms with Gasteiger partial charge in [-0.3, -0.25) is 9.59 Å². The summed E-state index contributed by atoms with van der Waals surface area (Å²) in [4.78, 5) is 27.3. The van der Waals surface area contributed by atoms with E-state index in [1.54, 1.807) is 6.07 Å². The van der Waals surface area contributed by atoms with E-state index in [1.807, 2.05) is 30.0 Å². The molecule has 2 rings (SSSR count). The molecule has 1 saturated heterocycles. The molecule has 0 aromatic heterocycles. The largest absolute Gasteiger partial charge is 0.341 e. The maximum atomic E-state index is 12.9. The van der Waals surface area contributed by atoms with Crippen molar-refractivity contribution in [2.24, 2.45) is 17.6 Å². The average Bonchev–Trinajstić information content (AvgIpc) is 3.02. The van der Waals surface area contributed by atoms with Gasteiger partial charge in [-0.2, -0.15) is 0 Å². The fourth-order valence-electron chi connectivity index (χ4n) is 3.20. The van der Waals surface area contributed by atoms with Crippen LogP contribution in [0, 0.1) is 18.8 Å². The SMILES string of the molecule is Cc1ccccc1C(=O)NC(CC(C)C)C(=O)N1CCC(CN)C1. The molecule has 3 N–H and O–H groups in total. The third-order valence-corrected chi connectivity index (χ3v) is 4.63. The summed E-state index contributed by atoms with van der Waals surface area (Å²) in [6, 6.07) is 6.96. The van der Waals surface area contributed by atoms with E-state index >= 15 is 0 Å². The summed E-state index contributed by atoms with van der Waals surface area (Å²) in [5.41, 5.74) is 7.26. The Labute approximate surface area is 144 Å². The first-order valence-electron chi connectivity index (χ1n) is 8.77. The van der Waals surface area contributed by atoms with Gasteiger partial charge in [0.15, 0.2) is 0 Å². The van der Waals surface area contributed by atoms with Gasteiger partial charge in [0.25, 0.3) is 5.91 Å². The van der Waals surface area contributed by atoms with Gasteiger partial charge in [0.2, 0.25) is 5.91 Å². The standard InChI is InChI=1S/C19H29N3O2/c1-13(2)10-17(19(24)22-9-8-15(11-20)12-22)21-18(23)16-7-5-4-6-14(16)3/h4-7,13,15,17H,8-12,20H2,1-3H3,(H,21,23). The first-order valence-corrected chi connectivity index (χ1v) is 8.77. The molecular weight excluding hydrogens is 302 g/mol. The van der Waals surface area contributed by atoms with Crippen LogP contribution in [0.2, 0.25) is 0 Å². The Morgan fingerprint density at radius 3 is 2.62 bits per heavy atom. The Morgan fingerprint density at radius 1 is 1.33 bits per heavy atom. The van der Waals surface area contributed by atoms with Crippen molar-refractivity contribution in [3.05, 3.63) is 35.4 Å². The van der Waals surface area contributed by atoms with E-state index in [-0.39, 0.29) is 11.8 Å². The Hall–Kier alpha value is -1.88. The Balaban J connectivity index is 2.09. The summed E-state index contributed by atoms with van der Waals surface area (Å²) in [6.07, 6.45) is 1.59. The molecule has 1 fully saturated rings. The van der Waals surface area contributed by atoms with Crippen molar-refractivity contribution in [3.8, 4) is 0 Å². The van der Waals surface area contributed by atoms with Crippen molar-refractivity contribution < 1.29 is 9.59 Å². The molecule has 132 valence electrons. The first-order chi connectivity index (χ1) is 11.4. The van der Waals surface area contributed by atoms with Crippen molar-refractivity contribution in [3.63, 3.8) is 0 Å². The number of likely N-dealkylation sites (tertiary alicyclic amines) is 1. The van der Waals surface area contributed by atoms with E-state index in [9.17, 15) is 9.59 Å². The lowest BCUT2D eigenvalue weighted by atomic mass is 10.0.